The van der Waals surface area contributed by atoms with Gasteiger partial charge in [0.25, 0.3) is 0 Å². The van der Waals surface area contributed by atoms with Crippen molar-refractivity contribution in [1.29, 1.82) is 0 Å². The first-order valence-corrected chi connectivity index (χ1v) is 5.31. The highest BCUT2D eigenvalue weighted by molar-refractivity contribution is 6.30. The van der Waals surface area contributed by atoms with Gasteiger partial charge in [0.2, 0.25) is 0 Å². The number of nitrogens with two attached hydrogens (primary N) is 1. The van der Waals surface area contributed by atoms with E-state index in [1.807, 2.05) is 6.07 Å². The fourth-order valence-electron chi connectivity index (χ4n) is 0.768. The van der Waals surface area contributed by atoms with E-state index in [1.165, 1.54) is 6.92 Å². The molecule has 0 saturated heterocycles. The monoisotopic (exact) mass is 257 g/mol. The molecule has 17 heavy (non-hydrogen) atoms. The first-order chi connectivity index (χ1) is 7.95. The van der Waals surface area contributed by atoms with Gasteiger partial charge in [-0.3, -0.25) is 0 Å². The summed E-state index contributed by atoms with van der Waals surface area (Å²) in [5, 5.41) is 9.27. The number of esters is 1. The van der Waals surface area contributed by atoms with Crippen molar-refractivity contribution < 1.29 is 14.6 Å². The molecule has 5 heteroatoms. The van der Waals surface area contributed by atoms with Crippen LogP contribution >= 0.6 is 11.6 Å². The van der Waals surface area contributed by atoms with Crippen LogP contribution in [-0.4, -0.2) is 23.8 Å². The minimum atomic E-state index is -0.603. The van der Waals surface area contributed by atoms with Crippen molar-refractivity contribution in [3.05, 3.63) is 41.9 Å². The van der Waals surface area contributed by atoms with E-state index in [1.54, 1.807) is 18.2 Å². The highest BCUT2D eigenvalue weighted by Gasteiger charge is 1.98. The zero-order valence-electron chi connectivity index (χ0n) is 9.60. The van der Waals surface area contributed by atoms with Crippen LogP contribution in [0.5, 0.6) is 0 Å². The summed E-state index contributed by atoms with van der Waals surface area (Å²) in [6.07, 6.45) is 0.455. The van der Waals surface area contributed by atoms with E-state index in [9.17, 15) is 4.79 Å². The third kappa shape index (κ3) is 9.41. The number of halogens is 1. The number of carbonyl (C=O) groups is 1. The molecule has 0 amide bonds. The SMILES string of the molecule is C=CC(=O)OCC(C)O.Nc1cccc(Cl)c1. The Labute approximate surface area is 106 Å². The second-order valence-corrected chi connectivity index (χ2v) is 3.67. The van der Waals surface area contributed by atoms with Gasteiger partial charge < -0.3 is 15.6 Å². The van der Waals surface area contributed by atoms with Crippen LogP contribution in [0.4, 0.5) is 5.69 Å². The first-order valence-electron chi connectivity index (χ1n) is 4.94. The van der Waals surface area contributed by atoms with Crippen molar-refractivity contribution in [1.82, 2.24) is 0 Å². The van der Waals surface area contributed by atoms with Gasteiger partial charge in [-0.1, -0.05) is 24.2 Å². The van der Waals surface area contributed by atoms with Gasteiger partial charge in [-0.15, -0.1) is 0 Å². The minimum Gasteiger partial charge on any atom is -0.460 e. The molecule has 1 rings (SSSR count). The maximum atomic E-state index is 10.3. The van der Waals surface area contributed by atoms with Crippen LogP contribution in [0.15, 0.2) is 36.9 Å². The van der Waals surface area contributed by atoms with Gasteiger partial charge in [0.1, 0.15) is 6.61 Å². The maximum absolute atomic E-state index is 10.3. The molecule has 0 aliphatic rings. The van der Waals surface area contributed by atoms with E-state index >= 15 is 0 Å². The molecule has 1 unspecified atom stereocenters. The summed E-state index contributed by atoms with van der Waals surface area (Å²) in [4.78, 5) is 10.3. The number of nitrogen functional groups attached to an aromatic ring is 1. The van der Waals surface area contributed by atoms with Gasteiger partial charge in [0, 0.05) is 16.8 Å². The van der Waals surface area contributed by atoms with E-state index in [2.05, 4.69) is 11.3 Å². The number of carbonyl (C=O) groups excluding carboxylic acids is 1. The van der Waals surface area contributed by atoms with E-state index in [4.69, 9.17) is 22.4 Å². The van der Waals surface area contributed by atoms with Crippen LogP contribution in [0.25, 0.3) is 0 Å². The van der Waals surface area contributed by atoms with Gasteiger partial charge in [0.15, 0.2) is 0 Å². The molecule has 1 aromatic carbocycles. The molecular formula is C12H16ClNO3. The average molecular weight is 258 g/mol. The minimum absolute atomic E-state index is 0.0326. The van der Waals surface area contributed by atoms with Crippen LogP contribution in [0.1, 0.15) is 6.92 Å². The van der Waals surface area contributed by atoms with Crippen molar-refractivity contribution in [2.24, 2.45) is 0 Å². The molecule has 0 bridgehead atoms. The van der Waals surface area contributed by atoms with E-state index in [0.29, 0.717) is 10.7 Å². The van der Waals surface area contributed by atoms with Crippen molar-refractivity contribution >= 4 is 23.3 Å². The number of rotatable bonds is 3. The van der Waals surface area contributed by atoms with Crippen LogP contribution < -0.4 is 5.73 Å². The predicted molar refractivity (Wildman–Crippen MR) is 68.7 cm³/mol. The molecule has 0 spiro atoms. The molecule has 0 aromatic heterocycles. The molecule has 0 aliphatic heterocycles. The smallest absolute Gasteiger partial charge is 0.330 e. The Morgan fingerprint density at radius 3 is 2.71 bits per heavy atom. The molecular weight excluding hydrogens is 242 g/mol. The average Bonchev–Trinajstić information content (AvgIpc) is 2.26. The van der Waals surface area contributed by atoms with Crippen molar-refractivity contribution in [2.45, 2.75) is 13.0 Å². The zero-order chi connectivity index (χ0) is 13.3. The Morgan fingerprint density at radius 1 is 1.71 bits per heavy atom. The highest BCUT2D eigenvalue weighted by atomic mass is 35.5. The fraction of sp³-hybridized carbons (Fsp3) is 0.250. The lowest BCUT2D eigenvalue weighted by molar-refractivity contribution is -0.140. The number of aliphatic hydroxyl groups excluding tert-OH is 1. The van der Waals surface area contributed by atoms with Crippen LogP contribution in [0, 0.1) is 0 Å². The molecule has 1 atom stereocenters. The van der Waals surface area contributed by atoms with Crippen molar-refractivity contribution in [2.75, 3.05) is 12.3 Å². The molecule has 0 fully saturated rings. The Bertz CT molecular complexity index is 349. The van der Waals surface area contributed by atoms with Crippen molar-refractivity contribution in [3.8, 4) is 0 Å². The first kappa shape index (κ1) is 15.5. The largest absolute Gasteiger partial charge is 0.460 e. The molecule has 1 aromatic rings. The van der Waals surface area contributed by atoms with Gasteiger partial charge in [-0.05, 0) is 25.1 Å². The number of hydrogen-bond donors (Lipinski definition) is 2. The molecule has 94 valence electrons. The Balaban J connectivity index is 0.000000302. The van der Waals surface area contributed by atoms with Gasteiger partial charge in [0.05, 0.1) is 6.10 Å². The molecule has 3 N–H and O–H groups in total. The topological polar surface area (TPSA) is 72.5 Å². The molecule has 0 radical (unpaired) electrons. The van der Waals surface area contributed by atoms with Gasteiger partial charge >= 0.3 is 5.97 Å². The number of ether oxygens (including phenoxy) is 1. The molecule has 0 saturated carbocycles. The fourth-order valence-corrected chi connectivity index (χ4v) is 0.967. The number of hydrogen-bond acceptors (Lipinski definition) is 4. The van der Waals surface area contributed by atoms with Crippen LogP contribution in [0.3, 0.4) is 0 Å². The van der Waals surface area contributed by atoms with E-state index < -0.39 is 12.1 Å². The summed E-state index contributed by atoms with van der Waals surface area (Å²) < 4.78 is 4.45. The number of anilines is 1. The zero-order valence-corrected chi connectivity index (χ0v) is 10.4. The van der Waals surface area contributed by atoms with E-state index in [-0.39, 0.29) is 6.61 Å². The summed E-state index contributed by atoms with van der Waals surface area (Å²) in [7, 11) is 0. The normalized spacial score (nSPS) is 10.8. The lowest BCUT2D eigenvalue weighted by Gasteiger charge is -2.02. The molecule has 4 nitrogen and oxygen atoms in total. The summed E-state index contributed by atoms with van der Waals surface area (Å²) >= 11 is 5.56. The Kier molecular flexibility index (Phi) is 7.84. The molecule has 0 aliphatic carbocycles. The lowest BCUT2D eigenvalue weighted by atomic mass is 10.3. The van der Waals surface area contributed by atoms with Crippen molar-refractivity contribution in [3.63, 3.8) is 0 Å². The maximum Gasteiger partial charge on any atom is 0.330 e. The second-order valence-electron chi connectivity index (χ2n) is 3.24. The Hall–Kier alpha value is -1.52. The quantitative estimate of drug-likeness (QED) is 0.494. The van der Waals surface area contributed by atoms with E-state index in [0.717, 1.165) is 6.08 Å². The summed E-state index contributed by atoms with van der Waals surface area (Å²) in [5.74, 6) is -0.504. The standard InChI is InChI=1S/C6H6ClN.C6H10O3/c7-5-2-1-3-6(8)4-5;1-3-6(8)9-4-5(2)7/h1-4H,8H2;3,5,7H,1,4H2,2H3. The van der Waals surface area contributed by atoms with Gasteiger partial charge in [-0.25, -0.2) is 4.79 Å². The molecule has 0 heterocycles. The number of aliphatic hydroxyl groups is 1. The number of benzene rings is 1. The lowest BCUT2D eigenvalue weighted by Crippen LogP contribution is -2.13. The summed E-state index contributed by atoms with van der Waals surface area (Å²) in [6.45, 7) is 4.75. The highest BCUT2D eigenvalue weighted by Crippen LogP contribution is 2.10. The van der Waals surface area contributed by atoms with Crippen LogP contribution in [0.2, 0.25) is 5.02 Å². The Morgan fingerprint density at radius 2 is 2.35 bits per heavy atom. The van der Waals surface area contributed by atoms with Crippen LogP contribution in [-0.2, 0) is 9.53 Å². The third-order valence-electron chi connectivity index (χ3n) is 1.48. The van der Waals surface area contributed by atoms with Gasteiger partial charge in [-0.2, -0.15) is 0 Å². The second kappa shape index (κ2) is 8.61. The summed E-state index contributed by atoms with van der Waals surface area (Å²) in [5.41, 5.74) is 6.08. The summed E-state index contributed by atoms with van der Waals surface area (Å²) in [6, 6.07) is 7.11. The third-order valence-corrected chi connectivity index (χ3v) is 1.72. The predicted octanol–water partition coefficient (Wildman–Crippen LogP) is 2.02.